The van der Waals surface area contributed by atoms with Crippen LogP contribution in [0.4, 0.5) is 0 Å². The lowest BCUT2D eigenvalue weighted by atomic mass is 10.1. The highest BCUT2D eigenvalue weighted by Gasteiger charge is 2.19. The van der Waals surface area contributed by atoms with Crippen LogP contribution in [0.3, 0.4) is 0 Å². The zero-order valence-electron chi connectivity index (χ0n) is 11.9. The smallest absolute Gasteiger partial charge is 0.417 e. The monoisotopic (exact) mass is 327 g/mol. The summed E-state index contributed by atoms with van der Waals surface area (Å²) in [5, 5.41) is 29.2. The summed E-state index contributed by atoms with van der Waals surface area (Å²) in [6.07, 6.45) is 0. The van der Waals surface area contributed by atoms with Crippen molar-refractivity contribution < 1.29 is 24.2 Å². The largest absolute Gasteiger partial charge is 0.508 e. The highest BCUT2D eigenvalue weighted by molar-refractivity contribution is 5.89. The van der Waals surface area contributed by atoms with Crippen LogP contribution in [0.1, 0.15) is 0 Å². The first-order valence-corrected chi connectivity index (χ1v) is 6.79. The Hall–Kier alpha value is -3.68. The molecule has 2 aromatic heterocycles. The minimum atomic E-state index is -0.843. The molecule has 0 spiro atoms. The number of phenolic OH excluding ortho intramolecular Hbond substituents is 2. The molecule has 8 heteroatoms. The average Bonchev–Trinajstić information content (AvgIpc) is 2.89. The lowest BCUT2D eigenvalue weighted by Crippen LogP contribution is -2.03. The molecule has 2 heterocycles. The fraction of sp³-hybridized carbons (Fsp3) is 0. The number of aromatic amines is 1. The third kappa shape index (κ3) is 1.93. The Labute approximate surface area is 131 Å². The van der Waals surface area contributed by atoms with E-state index in [1.54, 1.807) is 0 Å². The average molecular weight is 327 g/mol. The van der Waals surface area contributed by atoms with Gasteiger partial charge in [-0.2, -0.15) is 0 Å². The Kier molecular flexibility index (Phi) is 2.71. The van der Waals surface area contributed by atoms with Gasteiger partial charge in [-0.05, 0) is 18.2 Å². The van der Waals surface area contributed by atoms with Gasteiger partial charge in [0.05, 0.1) is 5.52 Å². The van der Waals surface area contributed by atoms with Crippen molar-refractivity contribution in [3.63, 3.8) is 0 Å². The van der Waals surface area contributed by atoms with Crippen LogP contribution in [-0.2, 0) is 0 Å². The maximum Gasteiger partial charge on any atom is 0.417 e. The van der Waals surface area contributed by atoms with Crippen molar-refractivity contribution >= 4 is 22.1 Å². The van der Waals surface area contributed by atoms with Gasteiger partial charge in [0.1, 0.15) is 22.5 Å². The molecule has 0 unspecified atom stereocenters. The molecule has 0 aliphatic carbocycles. The van der Waals surface area contributed by atoms with Crippen molar-refractivity contribution in [2.45, 2.75) is 0 Å². The lowest BCUT2D eigenvalue weighted by molar-refractivity contribution is 0.438. The van der Waals surface area contributed by atoms with E-state index < -0.39 is 22.7 Å². The maximum absolute atomic E-state index is 12.3. The second-order valence-electron chi connectivity index (χ2n) is 5.17. The van der Waals surface area contributed by atoms with E-state index in [-0.39, 0.29) is 22.5 Å². The maximum atomic E-state index is 12.3. The Morgan fingerprint density at radius 2 is 1.71 bits per heavy atom. The molecule has 4 rings (SSSR count). The standard InChI is InChI=1S/C16H9NO7/c18-7-4-9(19)12-11(5-7)23-15(14(21)13(12)20)6-1-2-10-8(3-6)17-16(22)24-10/h1-5,18-19,21H,(H,17,22). The number of oxazole rings is 1. The predicted octanol–water partition coefficient (Wildman–Crippen LogP) is 2.01. The van der Waals surface area contributed by atoms with Gasteiger partial charge in [-0.15, -0.1) is 0 Å². The van der Waals surface area contributed by atoms with Gasteiger partial charge < -0.3 is 24.2 Å². The molecule has 0 aliphatic rings. The van der Waals surface area contributed by atoms with E-state index in [1.807, 2.05) is 0 Å². The van der Waals surface area contributed by atoms with E-state index in [2.05, 4.69) is 4.98 Å². The van der Waals surface area contributed by atoms with Crippen LogP contribution >= 0.6 is 0 Å². The van der Waals surface area contributed by atoms with Crippen molar-refractivity contribution in [2.75, 3.05) is 0 Å². The first-order chi connectivity index (χ1) is 11.4. The molecule has 4 aromatic rings. The minimum Gasteiger partial charge on any atom is -0.508 e. The first-order valence-electron chi connectivity index (χ1n) is 6.79. The molecular weight excluding hydrogens is 318 g/mol. The highest BCUT2D eigenvalue weighted by atomic mass is 16.4. The Morgan fingerprint density at radius 1 is 0.917 bits per heavy atom. The minimum absolute atomic E-state index is 0.0916. The Morgan fingerprint density at radius 3 is 2.50 bits per heavy atom. The number of benzene rings is 2. The van der Waals surface area contributed by atoms with Crippen LogP contribution in [0.2, 0.25) is 0 Å². The van der Waals surface area contributed by atoms with Crippen LogP contribution in [0.25, 0.3) is 33.4 Å². The summed E-state index contributed by atoms with van der Waals surface area (Å²) in [7, 11) is 0. The van der Waals surface area contributed by atoms with Crippen molar-refractivity contribution in [3.05, 3.63) is 51.1 Å². The third-order valence-corrected chi connectivity index (χ3v) is 3.62. The van der Waals surface area contributed by atoms with Crippen molar-refractivity contribution in [1.82, 2.24) is 4.98 Å². The second kappa shape index (κ2) is 4.66. The Bertz CT molecular complexity index is 1230. The van der Waals surface area contributed by atoms with Crippen molar-refractivity contribution in [2.24, 2.45) is 0 Å². The van der Waals surface area contributed by atoms with Crippen LogP contribution in [0.15, 0.2) is 48.8 Å². The molecular formula is C16H9NO7. The fourth-order valence-corrected chi connectivity index (χ4v) is 2.56. The summed E-state index contributed by atoms with van der Waals surface area (Å²) < 4.78 is 10.4. The van der Waals surface area contributed by atoms with Crippen molar-refractivity contribution in [3.8, 4) is 28.6 Å². The number of hydrogen-bond donors (Lipinski definition) is 4. The summed E-state index contributed by atoms with van der Waals surface area (Å²) in [6, 6.07) is 6.56. The molecule has 0 bridgehead atoms. The number of aromatic nitrogens is 1. The lowest BCUT2D eigenvalue weighted by Gasteiger charge is -2.07. The summed E-state index contributed by atoms with van der Waals surface area (Å²) in [6.45, 7) is 0. The number of nitrogens with one attached hydrogen (secondary N) is 1. The zero-order valence-corrected chi connectivity index (χ0v) is 11.9. The highest BCUT2D eigenvalue weighted by Crippen LogP contribution is 2.35. The van der Waals surface area contributed by atoms with E-state index in [0.29, 0.717) is 16.7 Å². The summed E-state index contributed by atoms with van der Waals surface area (Å²) in [5.41, 5.74) is 0.0366. The molecule has 4 N–H and O–H groups in total. The molecule has 0 saturated heterocycles. The van der Waals surface area contributed by atoms with E-state index in [1.165, 1.54) is 18.2 Å². The molecule has 0 radical (unpaired) electrons. The van der Waals surface area contributed by atoms with Gasteiger partial charge in [0.15, 0.2) is 11.3 Å². The quantitative estimate of drug-likeness (QED) is 0.419. The first kappa shape index (κ1) is 13.9. The van der Waals surface area contributed by atoms with E-state index in [9.17, 15) is 24.9 Å². The summed E-state index contributed by atoms with van der Waals surface area (Å²) >= 11 is 0. The van der Waals surface area contributed by atoms with Gasteiger partial charge in [0.2, 0.25) is 11.2 Å². The topological polar surface area (TPSA) is 137 Å². The molecule has 0 saturated carbocycles. The molecule has 120 valence electrons. The number of aromatic hydroxyl groups is 3. The van der Waals surface area contributed by atoms with Gasteiger partial charge in [-0.3, -0.25) is 9.78 Å². The number of hydrogen-bond acceptors (Lipinski definition) is 7. The van der Waals surface area contributed by atoms with E-state index in [0.717, 1.165) is 12.1 Å². The number of rotatable bonds is 1. The molecule has 0 atom stereocenters. The van der Waals surface area contributed by atoms with Crippen molar-refractivity contribution in [1.29, 1.82) is 0 Å². The van der Waals surface area contributed by atoms with Gasteiger partial charge >= 0.3 is 5.76 Å². The number of phenols is 2. The molecule has 24 heavy (non-hydrogen) atoms. The molecule has 0 amide bonds. The van der Waals surface area contributed by atoms with Crippen LogP contribution in [-0.4, -0.2) is 20.3 Å². The van der Waals surface area contributed by atoms with Crippen LogP contribution in [0, 0.1) is 0 Å². The fourth-order valence-electron chi connectivity index (χ4n) is 2.56. The third-order valence-electron chi connectivity index (χ3n) is 3.62. The molecule has 0 fully saturated rings. The van der Waals surface area contributed by atoms with Gasteiger partial charge in [0.25, 0.3) is 0 Å². The summed E-state index contributed by atoms with van der Waals surface area (Å²) in [4.78, 5) is 26.0. The Balaban J connectivity index is 2.06. The van der Waals surface area contributed by atoms with E-state index >= 15 is 0 Å². The molecule has 2 aromatic carbocycles. The second-order valence-corrected chi connectivity index (χ2v) is 5.17. The molecule has 8 nitrogen and oxygen atoms in total. The van der Waals surface area contributed by atoms with E-state index in [4.69, 9.17) is 8.83 Å². The van der Waals surface area contributed by atoms with Gasteiger partial charge in [-0.25, -0.2) is 4.79 Å². The number of H-pyrrole nitrogens is 1. The summed E-state index contributed by atoms with van der Waals surface area (Å²) in [5.74, 6) is -2.30. The predicted molar refractivity (Wildman–Crippen MR) is 83.3 cm³/mol. The zero-order chi connectivity index (χ0) is 17.0. The van der Waals surface area contributed by atoms with Gasteiger partial charge in [-0.1, -0.05) is 0 Å². The molecule has 0 aliphatic heterocycles. The number of fused-ring (bicyclic) bond motifs is 2. The van der Waals surface area contributed by atoms with Gasteiger partial charge in [0, 0.05) is 17.7 Å². The SMILES string of the molecule is O=c1[nH]c2cc(-c3oc4cc(O)cc(O)c4c(=O)c3O)ccc2o1. The van der Waals surface area contributed by atoms with Crippen LogP contribution < -0.4 is 11.2 Å². The van der Waals surface area contributed by atoms with Crippen LogP contribution in [0.5, 0.6) is 17.2 Å². The normalized spacial score (nSPS) is 11.3.